The van der Waals surface area contributed by atoms with Crippen molar-refractivity contribution in [3.8, 4) is 0 Å². The number of carbonyl (C=O) groups is 1. The number of hydrogen-bond acceptors (Lipinski definition) is 4. The van der Waals surface area contributed by atoms with Crippen molar-refractivity contribution in [1.82, 2.24) is 14.9 Å². The van der Waals surface area contributed by atoms with Gasteiger partial charge in [0.15, 0.2) is 0 Å². The maximum absolute atomic E-state index is 12.5. The standard InChI is InChI=1S/C15H12ClN3OS/c1-19(9-10-4-2-3-6-17-10)15(20)13-8-12-14(21-13)11(16)5-7-18-12/h2-8H,9H2,1H3. The molecule has 0 aromatic carbocycles. The average Bonchev–Trinajstić information content (AvgIpc) is 2.93. The van der Waals surface area contributed by atoms with Crippen LogP contribution in [0.15, 0.2) is 42.7 Å². The molecule has 106 valence electrons. The zero-order valence-corrected chi connectivity index (χ0v) is 12.9. The van der Waals surface area contributed by atoms with Gasteiger partial charge in [-0.25, -0.2) is 0 Å². The summed E-state index contributed by atoms with van der Waals surface area (Å²) in [5, 5.41) is 0.622. The van der Waals surface area contributed by atoms with Crippen molar-refractivity contribution in [2.24, 2.45) is 0 Å². The van der Waals surface area contributed by atoms with Crippen LogP contribution in [0.5, 0.6) is 0 Å². The zero-order chi connectivity index (χ0) is 14.8. The molecule has 0 aliphatic heterocycles. The van der Waals surface area contributed by atoms with Crippen LogP contribution in [0.25, 0.3) is 10.2 Å². The Morgan fingerprint density at radius 1 is 1.29 bits per heavy atom. The Bertz CT molecular complexity index is 788. The number of hydrogen-bond donors (Lipinski definition) is 0. The second kappa shape index (κ2) is 5.79. The molecule has 3 aromatic heterocycles. The van der Waals surface area contributed by atoms with Crippen LogP contribution < -0.4 is 0 Å². The van der Waals surface area contributed by atoms with Gasteiger partial charge >= 0.3 is 0 Å². The van der Waals surface area contributed by atoms with E-state index in [1.165, 1.54) is 11.3 Å². The molecular weight excluding hydrogens is 306 g/mol. The number of thiophene rings is 1. The molecule has 0 spiro atoms. The van der Waals surface area contributed by atoms with Crippen molar-refractivity contribution in [2.75, 3.05) is 7.05 Å². The number of rotatable bonds is 3. The first-order chi connectivity index (χ1) is 10.1. The van der Waals surface area contributed by atoms with Crippen LogP contribution in [0, 0.1) is 0 Å². The van der Waals surface area contributed by atoms with E-state index in [0.29, 0.717) is 16.4 Å². The first-order valence-corrected chi connectivity index (χ1v) is 7.54. The Kier molecular flexibility index (Phi) is 3.86. The minimum absolute atomic E-state index is 0.0558. The molecule has 1 amide bonds. The Hall–Kier alpha value is -1.98. The highest BCUT2D eigenvalue weighted by atomic mass is 35.5. The maximum Gasteiger partial charge on any atom is 0.264 e. The fourth-order valence-electron chi connectivity index (χ4n) is 2.01. The highest BCUT2D eigenvalue weighted by molar-refractivity contribution is 7.21. The van der Waals surface area contributed by atoms with Gasteiger partial charge in [-0.3, -0.25) is 14.8 Å². The van der Waals surface area contributed by atoms with Gasteiger partial charge < -0.3 is 4.90 Å². The van der Waals surface area contributed by atoms with Gasteiger partial charge in [-0.2, -0.15) is 0 Å². The highest BCUT2D eigenvalue weighted by Gasteiger charge is 2.17. The Morgan fingerprint density at radius 3 is 2.86 bits per heavy atom. The molecule has 0 bridgehead atoms. The molecule has 0 fully saturated rings. The lowest BCUT2D eigenvalue weighted by Crippen LogP contribution is -2.25. The van der Waals surface area contributed by atoms with Crippen LogP contribution in [-0.4, -0.2) is 27.8 Å². The summed E-state index contributed by atoms with van der Waals surface area (Å²) in [4.78, 5) is 23.2. The molecule has 0 N–H and O–H groups in total. The summed E-state index contributed by atoms with van der Waals surface area (Å²) in [6.07, 6.45) is 3.36. The predicted octanol–water partition coefficient (Wildman–Crippen LogP) is 3.62. The van der Waals surface area contributed by atoms with E-state index in [1.807, 2.05) is 18.2 Å². The average molecular weight is 318 g/mol. The van der Waals surface area contributed by atoms with Crippen molar-refractivity contribution >= 4 is 39.1 Å². The molecule has 0 unspecified atom stereocenters. The quantitative estimate of drug-likeness (QED) is 0.741. The van der Waals surface area contributed by atoms with Gasteiger partial charge in [0.25, 0.3) is 5.91 Å². The van der Waals surface area contributed by atoms with E-state index in [0.717, 1.165) is 15.9 Å². The number of amides is 1. The van der Waals surface area contributed by atoms with E-state index >= 15 is 0 Å². The van der Waals surface area contributed by atoms with Gasteiger partial charge in [0.2, 0.25) is 0 Å². The monoisotopic (exact) mass is 317 g/mol. The molecule has 0 aliphatic rings. The van der Waals surface area contributed by atoms with Crippen molar-refractivity contribution in [3.63, 3.8) is 0 Å². The van der Waals surface area contributed by atoms with Gasteiger partial charge in [0.05, 0.1) is 32.4 Å². The number of pyridine rings is 2. The van der Waals surface area contributed by atoms with Gasteiger partial charge in [-0.05, 0) is 24.3 Å². The van der Waals surface area contributed by atoms with Crippen molar-refractivity contribution in [1.29, 1.82) is 0 Å². The zero-order valence-electron chi connectivity index (χ0n) is 11.3. The van der Waals surface area contributed by atoms with Crippen molar-refractivity contribution < 1.29 is 4.79 Å². The number of halogens is 1. The van der Waals surface area contributed by atoms with Crippen LogP contribution in [0.3, 0.4) is 0 Å². The second-order valence-electron chi connectivity index (χ2n) is 4.60. The largest absolute Gasteiger partial charge is 0.335 e. The number of carbonyl (C=O) groups excluding carboxylic acids is 1. The first-order valence-electron chi connectivity index (χ1n) is 6.34. The third-order valence-electron chi connectivity index (χ3n) is 3.05. The Balaban J connectivity index is 1.84. The molecule has 0 aliphatic carbocycles. The Morgan fingerprint density at radius 2 is 2.14 bits per heavy atom. The highest BCUT2D eigenvalue weighted by Crippen LogP contribution is 2.30. The van der Waals surface area contributed by atoms with E-state index in [4.69, 9.17) is 11.6 Å². The lowest BCUT2D eigenvalue weighted by molar-refractivity contribution is 0.0788. The summed E-state index contributed by atoms with van der Waals surface area (Å²) in [6.45, 7) is 0.467. The molecule has 4 nitrogen and oxygen atoms in total. The summed E-state index contributed by atoms with van der Waals surface area (Å²) in [6, 6.07) is 9.16. The molecule has 0 atom stereocenters. The summed E-state index contributed by atoms with van der Waals surface area (Å²) < 4.78 is 0.841. The van der Waals surface area contributed by atoms with Gasteiger partial charge in [-0.1, -0.05) is 17.7 Å². The smallest absolute Gasteiger partial charge is 0.264 e. The van der Waals surface area contributed by atoms with Crippen LogP contribution in [0.2, 0.25) is 5.02 Å². The van der Waals surface area contributed by atoms with Crippen LogP contribution in [-0.2, 0) is 6.54 Å². The summed E-state index contributed by atoms with van der Waals surface area (Å²) in [7, 11) is 1.76. The lowest BCUT2D eigenvalue weighted by atomic mass is 10.3. The minimum atomic E-state index is -0.0558. The molecule has 3 heterocycles. The fraction of sp³-hybridized carbons (Fsp3) is 0.133. The third-order valence-corrected chi connectivity index (χ3v) is 4.62. The Labute approximate surface area is 131 Å². The van der Waals surface area contributed by atoms with Gasteiger partial charge in [0.1, 0.15) is 0 Å². The van der Waals surface area contributed by atoms with Crippen LogP contribution >= 0.6 is 22.9 Å². The van der Waals surface area contributed by atoms with E-state index < -0.39 is 0 Å². The SMILES string of the molecule is CN(Cc1ccccn1)C(=O)c1cc2nccc(Cl)c2s1. The maximum atomic E-state index is 12.5. The van der Waals surface area contributed by atoms with E-state index in [9.17, 15) is 4.79 Å². The van der Waals surface area contributed by atoms with Crippen molar-refractivity contribution in [2.45, 2.75) is 6.54 Å². The lowest BCUT2D eigenvalue weighted by Gasteiger charge is -2.15. The topological polar surface area (TPSA) is 46.1 Å². The van der Waals surface area contributed by atoms with E-state index in [1.54, 1.807) is 36.5 Å². The third kappa shape index (κ3) is 2.89. The molecule has 0 saturated heterocycles. The van der Waals surface area contributed by atoms with E-state index in [-0.39, 0.29) is 5.91 Å². The summed E-state index contributed by atoms with van der Waals surface area (Å²) >= 11 is 7.48. The second-order valence-corrected chi connectivity index (χ2v) is 6.06. The number of nitrogens with zero attached hydrogens (tertiary/aromatic N) is 3. The minimum Gasteiger partial charge on any atom is -0.335 e. The molecule has 21 heavy (non-hydrogen) atoms. The first kappa shape index (κ1) is 14.0. The van der Waals surface area contributed by atoms with Crippen LogP contribution in [0.4, 0.5) is 0 Å². The molecule has 0 saturated carbocycles. The van der Waals surface area contributed by atoms with Gasteiger partial charge in [-0.15, -0.1) is 11.3 Å². The molecule has 0 radical (unpaired) electrons. The summed E-state index contributed by atoms with van der Waals surface area (Å²) in [5.41, 5.74) is 1.60. The molecule has 6 heteroatoms. The number of fused-ring (bicyclic) bond motifs is 1. The molecular formula is C15H12ClN3OS. The van der Waals surface area contributed by atoms with E-state index in [2.05, 4.69) is 9.97 Å². The fourth-order valence-corrected chi connectivity index (χ4v) is 3.29. The number of aromatic nitrogens is 2. The summed E-state index contributed by atoms with van der Waals surface area (Å²) in [5.74, 6) is -0.0558. The molecule has 3 aromatic rings. The normalized spacial score (nSPS) is 10.8. The van der Waals surface area contributed by atoms with Crippen molar-refractivity contribution in [3.05, 3.63) is 58.3 Å². The molecule has 3 rings (SSSR count). The van der Waals surface area contributed by atoms with Crippen LogP contribution in [0.1, 0.15) is 15.4 Å². The van der Waals surface area contributed by atoms with Gasteiger partial charge in [0, 0.05) is 19.4 Å². The predicted molar refractivity (Wildman–Crippen MR) is 84.7 cm³/mol.